The number of furan rings is 1. The molecule has 0 N–H and O–H groups in total. The summed E-state index contributed by atoms with van der Waals surface area (Å²) in [6.45, 7) is 0. The third-order valence-corrected chi connectivity index (χ3v) is 4.88. The molecule has 0 aliphatic heterocycles. The lowest BCUT2D eigenvalue weighted by atomic mass is 10.00. The van der Waals surface area contributed by atoms with E-state index in [1.807, 2.05) is 42.5 Å². The van der Waals surface area contributed by atoms with Gasteiger partial charge in [-0.2, -0.15) is 0 Å². The predicted molar refractivity (Wildman–Crippen MR) is 102 cm³/mol. The highest BCUT2D eigenvalue weighted by Crippen LogP contribution is 2.40. The van der Waals surface area contributed by atoms with E-state index in [2.05, 4.69) is 36.4 Å². The minimum absolute atomic E-state index is 0.767. The zero-order valence-electron chi connectivity index (χ0n) is 12.8. The van der Waals surface area contributed by atoms with Crippen LogP contribution in [0.15, 0.2) is 83.3 Å². The van der Waals surface area contributed by atoms with E-state index in [1.165, 1.54) is 0 Å². The van der Waals surface area contributed by atoms with E-state index in [4.69, 9.17) is 16.0 Å². The molecule has 0 amide bonds. The Balaban J connectivity index is 1.96. The van der Waals surface area contributed by atoms with Crippen molar-refractivity contribution in [2.75, 3.05) is 0 Å². The van der Waals surface area contributed by atoms with Crippen molar-refractivity contribution >= 4 is 44.3 Å². The second-order valence-electron chi connectivity index (χ2n) is 5.92. The average Bonchev–Trinajstić information content (AvgIpc) is 3.02. The molecule has 24 heavy (non-hydrogen) atoms. The predicted octanol–water partition coefficient (Wildman–Crippen LogP) is 7.06. The second kappa shape index (κ2) is 5.12. The zero-order valence-corrected chi connectivity index (χ0v) is 13.5. The Labute approximate surface area is 144 Å². The van der Waals surface area contributed by atoms with Crippen molar-refractivity contribution in [3.63, 3.8) is 0 Å². The molecule has 1 heterocycles. The summed E-state index contributed by atoms with van der Waals surface area (Å²) in [5, 5.41) is 5.20. The SMILES string of the molecule is Clc1cccc2c1ccc1oc3c(-c4ccccc4)cccc3c12. The summed E-state index contributed by atoms with van der Waals surface area (Å²) < 4.78 is 6.24. The van der Waals surface area contributed by atoms with Gasteiger partial charge < -0.3 is 4.42 Å². The molecule has 0 spiro atoms. The Morgan fingerprint density at radius 3 is 2.29 bits per heavy atom. The molecule has 114 valence electrons. The van der Waals surface area contributed by atoms with Gasteiger partial charge >= 0.3 is 0 Å². The lowest BCUT2D eigenvalue weighted by Crippen LogP contribution is -1.78. The Hall–Kier alpha value is -2.77. The third-order valence-electron chi connectivity index (χ3n) is 4.55. The number of benzene rings is 4. The van der Waals surface area contributed by atoms with Crippen LogP contribution < -0.4 is 0 Å². The maximum absolute atomic E-state index is 6.37. The van der Waals surface area contributed by atoms with Gasteiger partial charge in [0, 0.05) is 26.7 Å². The van der Waals surface area contributed by atoms with E-state index < -0.39 is 0 Å². The third kappa shape index (κ3) is 1.88. The molecule has 0 unspecified atom stereocenters. The Bertz CT molecular complexity index is 1200. The molecular weight excluding hydrogens is 316 g/mol. The second-order valence-corrected chi connectivity index (χ2v) is 6.33. The average molecular weight is 329 g/mol. The van der Waals surface area contributed by atoms with E-state index in [0.717, 1.165) is 48.9 Å². The molecule has 0 fully saturated rings. The summed E-state index contributed by atoms with van der Waals surface area (Å²) in [4.78, 5) is 0. The normalized spacial score (nSPS) is 11.5. The monoisotopic (exact) mass is 328 g/mol. The fourth-order valence-corrected chi connectivity index (χ4v) is 3.70. The number of hydrogen-bond acceptors (Lipinski definition) is 1. The van der Waals surface area contributed by atoms with Gasteiger partial charge in [-0.15, -0.1) is 0 Å². The lowest BCUT2D eigenvalue weighted by Gasteiger charge is -2.02. The number of halogens is 1. The number of para-hydroxylation sites is 1. The van der Waals surface area contributed by atoms with Crippen LogP contribution in [0.25, 0.3) is 43.8 Å². The Kier molecular flexibility index (Phi) is 2.91. The van der Waals surface area contributed by atoms with Gasteiger partial charge in [0.15, 0.2) is 0 Å². The van der Waals surface area contributed by atoms with E-state index in [0.29, 0.717) is 0 Å². The van der Waals surface area contributed by atoms with Crippen LogP contribution in [0.3, 0.4) is 0 Å². The highest BCUT2D eigenvalue weighted by Gasteiger charge is 2.14. The van der Waals surface area contributed by atoms with E-state index >= 15 is 0 Å². The first-order chi connectivity index (χ1) is 11.8. The first kappa shape index (κ1) is 13.6. The number of rotatable bonds is 1. The van der Waals surface area contributed by atoms with Gasteiger partial charge in [0.1, 0.15) is 11.2 Å². The highest BCUT2D eigenvalue weighted by molar-refractivity contribution is 6.37. The van der Waals surface area contributed by atoms with Gasteiger partial charge in [0.25, 0.3) is 0 Å². The Morgan fingerprint density at radius 1 is 0.625 bits per heavy atom. The van der Waals surface area contributed by atoms with Crippen LogP contribution in [-0.2, 0) is 0 Å². The maximum atomic E-state index is 6.37. The molecule has 4 aromatic carbocycles. The summed E-state index contributed by atoms with van der Waals surface area (Å²) in [6.07, 6.45) is 0. The molecule has 0 radical (unpaired) electrons. The van der Waals surface area contributed by atoms with Crippen LogP contribution in [0.1, 0.15) is 0 Å². The van der Waals surface area contributed by atoms with E-state index in [9.17, 15) is 0 Å². The highest BCUT2D eigenvalue weighted by atomic mass is 35.5. The first-order valence-corrected chi connectivity index (χ1v) is 8.28. The fraction of sp³-hybridized carbons (Fsp3) is 0. The van der Waals surface area contributed by atoms with Crippen molar-refractivity contribution in [1.82, 2.24) is 0 Å². The number of fused-ring (bicyclic) bond motifs is 5. The molecule has 0 aliphatic carbocycles. The molecule has 0 bridgehead atoms. The molecule has 0 saturated carbocycles. The smallest absolute Gasteiger partial charge is 0.143 e. The molecule has 5 aromatic rings. The summed E-state index contributed by atoms with van der Waals surface area (Å²) in [5.41, 5.74) is 4.08. The number of hydrogen-bond donors (Lipinski definition) is 0. The van der Waals surface area contributed by atoms with Crippen LogP contribution in [0.5, 0.6) is 0 Å². The van der Waals surface area contributed by atoms with Crippen molar-refractivity contribution in [1.29, 1.82) is 0 Å². The summed E-state index contributed by atoms with van der Waals surface area (Å²) in [7, 11) is 0. The van der Waals surface area contributed by atoms with Crippen molar-refractivity contribution in [3.8, 4) is 11.1 Å². The van der Waals surface area contributed by atoms with Crippen molar-refractivity contribution in [2.24, 2.45) is 0 Å². The quantitative estimate of drug-likeness (QED) is 0.321. The van der Waals surface area contributed by atoms with Gasteiger partial charge in [-0.25, -0.2) is 0 Å². The molecule has 2 heteroatoms. The van der Waals surface area contributed by atoms with Crippen molar-refractivity contribution < 1.29 is 4.42 Å². The zero-order chi connectivity index (χ0) is 16.1. The van der Waals surface area contributed by atoms with Crippen LogP contribution in [0.4, 0.5) is 0 Å². The van der Waals surface area contributed by atoms with Gasteiger partial charge in [-0.05, 0) is 29.1 Å². The van der Waals surface area contributed by atoms with E-state index in [-0.39, 0.29) is 0 Å². The van der Waals surface area contributed by atoms with Gasteiger partial charge in [-0.1, -0.05) is 72.3 Å². The molecule has 0 atom stereocenters. The molecule has 1 aromatic heterocycles. The summed E-state index contributed by atoms with van der Waals surface area (Å²) in [5.74, 6) is 0. The largest absolute Gasteiger partial charge is 0.455 e. The fourth-order valence-electron chi connectivity index (χ4n) is 3.46. The molecule has 0 saturated heterocycles. The lowest BCUT2D eigenvalue weighted by molar-refractivity contribution is 0.670. The van der Waals surface area contributed by atoms with Crippen LogP contribution in [0, 0.1) is 0 Å². The summed E-state index contributed by atoms with van der Waals surface area (Å²) >= 11 is 6.37. The maximum Gasteiger partial charge on any atom is 0.143 e. The van der Waals surface area contributed by atoms with E-state index in [1.54, 1.807) is 0 Å². The van der Waals surface area contributed by atoms with Gasteiger partial charge in [0.05, 0.1) is 0 Å². The first-order valence-electron chi connectivity index (χ1n) is 7.91. The minimum atomic E-state index is 0.767. The Morgan fingerprint density at radius 2 is 1.42 bits per heavy atom. The van der Waals surface area contributed by atoms with Crippen molar-refractivity contribution in [3.05, 3.63) is 83.9 Å². The standard InChI is InChI=1S/C22H13ClO/c23-19-11-5-9-17-16(19)12-13-20-21(17)18-10-4-8-15(22(18)24-20)14-6-2-1-3-7-14/h1-13H. The van der Waals surface area contributed by atoms with Gasteiger partial charge in [-0.3, -0.25) is 0 Å². The molecule has 0 aliphatic rings. The minimum Gasteiger partial charge on any atom is -0.455 e. The van der Waals surface area contributed by atoms with Crippen LogP contribution in [-0.4, -0.2) is 0 Å². The van der Waals surface area contributed by atoms with Gasteiger partial charge in [0.2, 0.25) is 0 Å². The van der Waals surface area contributed by atoms with Crippen molar-refractivity contribution in [2.45, 2.75) is 0 Å². The van der Waals surface area contributed by atoms with Crippen LogP contribution in [0.2, 0.25) is 5.02 Å². The van der Waals surface area contributed by atoms with Crippen LogP contribution >= 0.6 is 11.6 Å². The molecule has 1 nitrogen and oxygen atoms in total. The molecular formula is C22H13ClO. The summed E-state index contributed by atoms with van der Waals surface area (Å²) in [6, 6.07) is 26.7. The molecule has 5 rings (SSSR count). The topological polar surface area (TPSA) is 13.1 Å².